The molecule has 0 aromatic carbocycles. The van der Waals surface area contributed by atoms with E-state index >= 15 is 0 Å². The lowest BCUT2D eigenvalue weighted by Gasteiger charge is -2.39. The van der Waals surface area contributed by atoms with Crippen LogP contribution < -0.4 is 5.32 Å². The summed E-state index contributed by atoms with van der Waals surface area (Å²) in [6, 6.07) is -0.470. The van der Waals surface area contributed by atoms with E-state index in [1.807, 2.05) is 11.8 Å². The van der Waals surface area contributed by atoms with Gasteiger partial charge in [0.25, 0.3) is 0 Å². The largest absolute Gasteiger partial charge is 0.342 e. The van der Waals surface area contributed by atoms with E-state index in [0.29, 0.717) is 5.92 Å². The van der Waals surface area contributed by atoms with Crippen molar-refractivity contribution in [2.75, 3.05) is 6.54 Å². The summed E-state index contributed by atoms with van der Waals surface area (Å²) >= 11 is 0. The van der Waals surface area contributed by atoms with Gasteiger partial charge < -0.3 is 10.2 Å². The molecule has 4 nitrogen and oxygen atoms in total. The van der Waals surface area contributed by atoms with Gasteiger partial charge in [0.2, 0.25) is 11.8 Å². The van der Waals surface area contributed by atoms with Gasteiger partial charge in [0, 0.05) is 6.54 Å². The number of carbonyl (C=O) groups is 2. The SMILES string of the molecule is CCC1C(=O)NC(C2CC2)C(=O)N1CCC1CCCCC1. The maximum absolute atomic E-state index is 12.7. The second kappa shape index (κ2) is 6.37. The smallest absolute Gasteiger partial charge is 0.246 e. The minimum Gasteiger partial charge on any atom is -0.342 e. The van der Waals surface area contributed by atoms with Gasteiger partial charge in [0.15, 0.2) is 0 Å². The van der Waals surface area contributed by atoms with Crippen LogP contribution in [-0.2, 0) is 9.59 Å². The minimum absolute atomic E-state index is 0.0673. The summed E-state index contributed by atoms with van der Waals surface area (Å²) < 4.78 is 0. The molecule has 0 radical (unpaired) electrons. The summed E-state index contributed by atoms with van der Waals surface area (Å²) in [5.41, 5.74) is 0. The van der Waals surface area contributed by atoms with E-state index in [0.717, 1.165) is 38.1 Å². The Bertz CT molecular complexity index is 400. The van der Waals surface area contributed by atoms with Crippen LogP contribution in [0.1, 0.15) is 64.7 Å². The van der Waals surface area contributed by atoms with Crippen LogP contribution in [-0.4, -0.2) is 35.3 Å². The predicted octanol–water partition coefficient (Wildman–Crippen LogP) is 2.47. The molecule has 1 N–H and O–H groups in total. The van der Waals surface area contributed by atoms with Gasteiger partial charge in [-0.25, -0.2) is 0 Å². The van der Waals surface area contributed by atoms with Crippen molar-refractivity contribution in [3.63, 3.8) is 0 Å². The molecule has 2 saturated carbocycles. The van der Waals surface area contributed by atoms with Crippen LogP contribution in [0.5, 0.6) is 0 Å². The highest BCUT2D eigenvalue weighted by Crippen LogP contribution is 2.35. The van der Waals surface area contributed by atoms with Gasteiger partial charge in [-0.3, -0.25) is 9.59 Å². The molecule has 0 bridgehead atoms. The number of rotatable bonds is 5. The van der Waals surface area contributed by atoms with Crippen molar-refractivity contribution in [3.8, 4) is 0 Å². The van der Waals surface area contributed by atoms with Gasteiger partial charge >= 0.3 is 0 Å². The minimum atomic E-state index is -0.240. The van der Waals surface area contributed by atoms with E-state index in [1.54, 1.807) is 0 Å². The molecule has 0 aromatic heterocycles. The fourth-order valence-corrected chi connectivity index (χ4v) is 4.00. The Morgan fingerprint density at radius 1 is 1.10 bits per heavy atom. The topological polar surface area (TPSA) is 49.4 Å². The predicted molar refractivity (Wildman–Crippen MR) is 81.6 cm³/mol. The van der Waals surface area contributed by atoms with Crippen molar-refractivity contribution in [2.45, 2.75) is 76.8 Å². The maximum Gasteiger partial charge on any atom is 0.246 e. The zero-order valence-corrected chi connectivity index (χ0v) is 13.1. The third-order valence-electron chi connectivity index (χ3n) is 5.51. The average molecular weight is 292 g/mol. The lowest BCUT2D eigenvalue weighted by atomic mass is 9.86. The number of hydrogen-bond acceptors (Lipinski definition) is 2. The second-order valence-electron chi connectivity index (χ2n) is 7.07. The van der Waals surface area contributed by atoms with Crippen LogP contribution in [0.2, 0.25) is 0 Å². The molecule has 1 saturated heterocycles. The third kappa shape index (κ3) is 3.24. The van der Waals surface area contributed by atoms with Crippen LogP contribution >= 0.6 is 0 Å². The molecule has 1 heterocycles. The van der Waals surface area contributed by atoms with Crippen LogP contribution in [0.25, 0.3) is 0 Å². The van der Waals surface area contributed by atoms with Crippen LogP contribution in [0.3, 0.4) is 0 Å². The van der Waals surface area contributed by atoms with E-state index in [9.17, 15) is 9.59 Å². The first-order valence-corrected chi connectivity index (χ1v) is 8.81. The Hall–Kier alpha value is -1.06. The van der Waals surface area contributed by atoms with Gasteiger partial charge in [0.1, 0.15) is 12.1 Å². The van der Waals surface area contributed by atoms with Gasteiger partial charge in [0.05, 0.1) is 0 Å². The number of nitrogens with zero attached hydrogens (tertiary/aromatic N) is 1. The summed E-state index contributed by atoms with van der Waals surface area (Å²) in [5.74, 6) is 1.40. The standard InChI is InChI=1S/C17H28N2O2/c1-2-14-16(20)18-15(13-8-9-13)17(21)19(14)11-10-12-6-4-3-5-7-12/h12-15H,2-11H2,1H3,(H,18,20). The zero-order chi connectivity index (χ0) is 14.8. The maximum atomic E-state index is 12.7. The fourth-order valence-electron chi connectivity index (χ4n) is 4.00. The number of amides is 2. The molecule has 3 aliphatic rings. The molecule has 2 unspecified atom stereocenters. The van der Waals surface area contributed by atoms with Crippen molar-refractivity contribution < 1.29 is 9.59 Å². The Kier molecular flexibility index (Phi) is 4.51. The van der Waals surface area contributed by atoms with Gasteiger partial charge in [-0.15, -0.1) is 0 Å². The first kappa shape index (κ1) is 14.9. The molecule has 3 rings (SSSR count). The van der Waals surface area contributed by atoms with E-state index in [2.05, 4.69) is 5.32 Å². The molecule has 2 aliphatic carbocycles. The lowest BCUT2D eigenvalue weighted by molar-refractivity contribution is -0.150. The highest BCUT2D eigenvalue weighted by Gasteiger charge is 2.46. The van der Waals surface area contributed by atoms with Crippen molar-refractivity contribution in [1.82, 2.24) is 10.2 Å². The van der Waals surface area contributed by atoms with Crippen molar-refractivity contribution in [1.29, 1.82) is 0 Å². The highest BCUT2D eigenvalue weighted by atomic mass is 16.2. The lowest BCUT2D eigenvalue weighted by Crippen LogP contribution is -2.64. The summed E-state index contributed by atoms with van der Waals surface area (Å²) in [4.78, 5) is 26.9. The van der Waals surface area contributed by atoms with Crippen LogP contribution in [0.15, 0.2) is 0 Å². The number of hydrogen-bond donors (Lipinski definition) is 1. The average Bonchev–Trinajstić information content (AvgIpc) is 3.33. The number of nitrogens with one attached hydrogen (secondary N) is 1. The molecule has 0 aromatic rings. The molecule has 21 heavy (non-hydrogen) atoms. The molecule has 0 spiro atoms. The first-order valence-electron chi connectivity index (χ1n) is 8.81. The second-order valence-corrected chi connectivity index (χ2v) is 7.07. The Balaban J connectivity index is 1.63. The van der Waals surface area contributed by atoms with Crippen LogP contribution in [0, 0.1) is 11.8 Å². The summed E-state index contributed by atoms with van der Waals surface area (Å²) in [6.45, 7) is 2.78. The molecule has 1 aliphatic heterocycles. The fraction of sp³-hybridized carbons (Fsp3) is 0.882. The van der Waals surface area contributed by atoms with Crippen LogP contribution in [0.4, 0.5) is 0 Å². The molecule has 2 amide bonds. The van der Waals surface area contributed by atoms with Gasteiger partial charge in [-0.1, -0.05) is 39.0 Å². The molecule has 2 atom stereocenters. The van der Waals surface area contributed by atoms with E-state index in [1.165, 1.54) is 32.1 Å². The normalized spacial score (nSPS) is 31.4. The van der Waals surface area contributed by atoms with E-state index in [-0.39, 0.29) is 23.9 Å². The molecular weight excluding hydrogens is 264 g/mol. The van der Waals surface area contributed by atoms with Crippen molar-refractivity contribution in [2.24, 2.45) is 11.8 Å². The first-order chi connectivity index (χ1) is 10.2. The van der Waals surface area contributed by atoms with E-state index in [4.69, 9.17) is 0 Å². The van der Waals surface area contributed by atoms with Crippen molar-refractivity contribution >= 4 is 11.8 Å². The highest BCUT2D eigenvalue weighted by molar-refractivity contribution is 5.97. The number of carbonyl (C=O) groups excluding carboxylic acids is 2. The molecular formula is C17H28N2O2. The quantitative estimate of drug-likeness (QED) is 0.846. The Morgan fingerprint density at radius 2 is 1.81 bits per heavy atom. The Labute approximate surface area is 127 Å². The Morgan fingerprint density at radius 3 is 2.43 bits per heavy atom. The summed E-state index contributed by atoms with van der Waals surface area (Å²) in [5, 5.41) is 2.97. The van der Waals surface area contributed by atoms with Gasteiger partial charge in [-0.2, -0.15) is 0 Å². The molecule has 118 valence electrons. The third-order valence-corrected chi connectivity index (χ3v) is 5.51. The molecule has 3 fully saturated rings. The van der Waals surface area contributed by atoms with Crippen molar-refractivity contribution in [3.05, 3.63) is 0 Å². The van der Waals surface area contributed by atoms with E-state index < -0.39 is 0 Å². The molecule has 4 heteroatoms. The monoisotopic (exact) mass is 292 g/mol. The zero-order valence-electron chi connectivity index (χ0n) is 13.1. The summed E-state index contributed by atoms with van der Waals surface area (Å²) in [7, 11) is 0. The number of piperazine rings is 1. The van der Waals surface area contributed by atoms with Gasteiger partial charge in [-0.05, 0) is 37.5 Å². The summed E-state index contributed by atoms with van der Waals surface area (Å²) in [6.07, 6.45) is 10.6.